The Morgan fingerprint density at radius 1 is 1.10 bits per heavy atom. The van der Waals surface area contributed by atoms with Crippen LogP contribution in [0.1, 0.15) is 48.2 Å². The predicted octanol–water partition coefficient (Wildman–Crippen LogP) is 3.25. The van der Waals surface area contributed by atoms with E-state index in [0.29, 0.717) is 17.7 Å². The number of amides is 4. The molecule has 4 amide bonds. The Hall–Kier alpha value is -3.48. The first kappa shape index (κ1) is 20.8. The number of nitrogens with one attached hydrogen (secondary N) is 2. The van der Waals surface area contributed by atoms with Crippen molar-refractivity contribution in [1.29, 1.82) is 0 Å². The summed E-state index contributed by atoms with van der Waals surface area (Å²) in [5, 5.41) is 5.63. The zero-order valence-corrected chi connectivity index (χ0v) is 17.6. The molecular formula is C24H25N3O4. The van der Waals surface area contributed by atoms with E-state index in [1.54, 1.807) is 38.1 Å². The van der Waals surface area contributed by atoms with Crippen LogP contribution in [0.3, 0.4) is 0 Å². The molecular weight excluding hydrogens is 394 g/mol. The van der Waals surface area contributed by atoms with Gasteiger partial charge in [0.05, 0.1) is 6.54 Å². The van der Waals surface area contributed by atoms with Crippen LogP contribution in [0.5, 0.6) is 0 Å². The van der Waals surface area contributed by atoms with Gasteiger partial charge < -0.3 is 10.6 Å². The van der Waals surface area contributed by atoms with Crippen molar-refractivity contribution in [2.75, 3.05) is 11.9 Å². The number of Topliss-reactive ketones (excluding diaryl/α,β-unsaturated/α-hetero) is 1. The number of hydrogen-bond donors (Lipinski definition) is 2. The molecule has 1 atom stereocenters. The van der Waals surface area contributed by atoms with Crippen LogP contribution < -0.4 is 10.6 Å². The third-order valence-corrected chi connectivity index (χ3v) is 5.95. The van der Waals surface area contributed by atoms with Gasteiger partial charge in [-0.05, 0) is 54.7 Å². The van der Waals surface area contributed by atoms with E-state index in [9.17, 15) is 19.2 Å². The van der Waals surface area contributed by atoms with E-state index < -0.39 is 11.6 Å². The number of aryl methyl sites for hydroxylation is 1. The normalized spacial score (nSPS) is 20.0. The number of carbonyl (C=O) groups excluding carboxylic acids is 4. The Morgan fingerprint density at radius 2 is 1.81 bits per heavy atom. The first-order valence-electron chi connectivity index (χ1n) is 10.5. The second kappa shape index (κ2) is 7.98. The molecule has 7 nitrogen and oxygen atoms in total. The van der Waals surface area contributed by atoms with Gasteiger partial charge in [0.25, 0.3) is 5.91 Å². The van der Waals surface area contributed by atoms with Gasteiger partial charge in [-0.25, -0.2) is 4.79 Å². The number of fused-ring (bicyclic) bond motifs is 2. The van der Waals surface area contributed by atoms with Gasteiger partial charge in [0.2, 0.25) is 5.91 Å². The Balaban J connectivity index is 1.50. The van der Waals surface area contributed by atoms with Crippen LogP contribution in [-0.4, -0.2) is 35.1 Å². The summed E-state index contributed by atoms with van der Waals surface area (Å²) in [7, 11) is 0. The van der Waals surface area contributed by atoms with Crippen molar-refractivity contribution < 1.29 is 19.2 Å². The number of nitrogens with zero attached hydrogens (tertiary/aromatic N) is 1. The molecule has 1 aliphatic heterocycles. The third kappa shape index (κ3) is 3.71. The average Bonchev–Trinajstić information content (AvgIpc) is 2.99. The van der Waals surface area contributed by atoms with Crippen LogP contribution in [0.25, 0.3) is 0 Å². The zero-order chi connectivity index (χ0) is 22.2. The lowest BCUT2D eigenvalue weighted by Gasteiger charge is -2.33. The van der Waals surface area contributed by atoms with Gasteiger partial charge in [0.15, 0.2) is 5.78 Å². The van der Waals surface area contributed by atoms with Gasteiger partial charge in [-0.15, -0.1) is 0 Å². The summed E-state index contributed by atoms with van der Waals surface area (Å²) in [6.07, 6.45) is 2.16. The molecule has 2 aliphatic rings. The van der Waals surface area contributed by atoms with Crippen LogP contribution in [0.2, 0.25) is 0 Å². The van der Waals surface area contributed by atoms with Crippen LogP contribution in [0, 0.1) is 5.92 Å². The Kier molecular flexibility index (Phi) is 5.35. The van der Waals surface area contributed by atoms with E-state index in [4.69, 9.17) is 0 Å². The number of benzene rings is 2. The van der Waals surface area contributed by atoms with E-state index in [-0.39, 0.29) is 30.1 Å². The number of rotatable bonds is 5. The summed E-state index contributed by atoms with van der Waals surface area (Å²) in [5.41, 5.74) is 1.74. The van der Waals surface area contributed by atoms with Crippen LogP contribution in [0.4, 0.5) is 10.5 Å². The minimum atomic E-state index is -1.09. The van der Waals surface area contributed by atoms with Crippen LogP contribution in [-0.2, 0) is 21.5 Å². The summed E-state index contributed by atoms with van der Waals surface area (Å²) < 4.78 is 0. The summed E-state index contributed by atoms with van der Waals surface area (Å²) in [6, 6.07) is 13.5. The van der Waals surface area contributed by atoms with E-state index in [2.05, 4.69) is 10.6 Å². The number of urea groups is 1. The molecule has 160 valence electrons. The van der Waals surface area contributed by atoms with Crippen LogP contribution >= 0.6 is 0 Å². The number of ketones is 1. The van der Waals surface area contributed by atoms with Crippen molar-refractivity contribution in [1.82, 2.24) is 10.2 Å². The van der Waals surface area contributed by atoms with Crippen molar-refractivity contribution in [3.05, 3.63) is 65.2 Å². The molecule has 1 heterocycles. The highest BCUT2D eigenvalue weighted by atomic mass is 16.2. The van der Waals surface area contributed by atoms with E-state index in [0.717, 1.165) is 28.9 Å². The fourth-order valence-corrected chi connectivity index (χ4v) is 4.22. The summed E-state index contributed by atoms with van der Waals surface area (Å²) >= 11 is 0. The molecule has 1 spiro atoms. The lowest BCUT2D eigenvalue weighted by atomic mass is 9.76. The summed E-state index contributed by atoms with van der Waals surface area (Å²) in [6.45, 7) is 3.26. The molecule has 0 radical (unpaired) electrons. The molecule has 0 aromatic heterocycles. The molecule has 4 rings (SSSR count). The molecule has 2 aromatic rings. The molecule has 0 bridgehead atoms. The predicted molar refractivity (Wildman–Crippen MR) is 116 cm³/mol. The SMILES string of the molecule is CC(C)C(=O)Nc1ccc(C(=O)CN2C(=O)N[C@]3(CCCc4ccccc43)C2=O)cc1. The number of anilines is 1. The Bertz CT molecular complexity index is 1060. The van der Waals surface area contributed by atoms with Crippen molar-refractivity contribution in [2.45, 2.75) is 38.6 Å². The van der Waals surface area contributed by atoms with Gasteiger partial charge in [-0.3, -0.25) is 19.3 Å². The minimum Gasteiger partial charge on any atom is -0.326 e. The van der Waals surface area contributed by atoms with E-state index >= 15 is 0 Å². The lowest BCUT2D eigenvalue weighted by molar-refractivity contribution is -0.131. The van der Waals surface area contributed by atoms with Crippen molar-refractivity contribution in [3.8, 4) is 0 Å². The number of carbonyl (C=O) groups is 4. The maximum Gasteiger partial charge on any atom is 0.325 e. The highest BCUT2D eigenvalue weighted by Crippen LogP contribution is 2.39. The van der Waals surface area contributed by atoms with Crippen molar-refractivity contribution in [3.63, 3.8) is 0 Å². The first-order valence-corrected chi connectivity index (χ1v) is 10.5. The van der Waals surface area contributed by atoms with Gasteiger partial charge in [-0.2, -0.15) is 0 Å². The lowest BCUT2D eigenvalue weighted by Crippen LogP contribution is -2.46. The summed E-state index contributed by atoms with van der Waals surface area (Å²) in [4.78, 5) is 51.6. The number of imide groups is 1. The molecule has 0 unspecified atom stereocenters. The largest absolute Gasteiger partial charge is 0.326 e. The molecule has 2 aromatic carbocycles. The third-order valence-electron chi connectivity index (χ3n) is 5.95. The fourth-order valence-electron chi connectivity index (χ4n) is 4.22. The van der Waals surface area contributed by atoms with E-state index in [1.807, 2.05) is 24.3 Å². The highest BCUT2D eigenvalue weighted by Gasteiger charge is 2.54. The Morgan fingerprint density at radius 3 is 2.52 bits per heavy atom. The second-order valence-electron chi connectivity index (χ2n) is 8.38. The second-order valence-corrected chi connectivity index (χ2v) is 8.38. The smallest absolute Gasteiger partial charge is 0.325 e. The van der Waals surface area contributed by atoms with E-state index in [1.165, 1.54) is 0 Å². The maximum absolute atomic E-state index is 13.3. The molecule has 1 saturated heterocycles. The van der Waals surface area contributed by atoms with Gasteiger partial charge in [0.1, 0.15) is 5.54 Å². The van der Waals surface area contributed by atoms with Gasteiger partial charge in [-0.1, -0.05) is 38.1 Å². The number of hydrogen-bond acceptors (Lipinski definition) is 4. The van der Waals surface area contributed by atoms with Gasteiger partial charge >= 0.3 is 6.03 Å². The standard InChI is InChI=1S/C24H25N3O4/c1-15(2)21(29)25-18-11-9-17(10-12-18)20(28)14-27-22(30)24(26-23(27)31)13-5-7-16-6-3-4-8-19(16)24/h3-4,6,8-12,15H,5,7,13-14H2,1-2H3,(H,25,29)(H,26,31)/t24-/m0/s1. The molecule has 2 N–H and O–H groups in total. The molecule has 1 fully saturated rings. The summed E-state index contributed by atoms with van der Waals surface area (Å²) in [5.74, 6) is -0.986. The maximum atomic E-state index is 13.3. The van der Waals surface area contributed by atoms with Crippen molar-refractivity contribution in [2.24, 2.45) is 5.92 Å². The van der Waals surface area contributed by atoms with Crippen molar-refractivity contribution >= 4 is 29.3 Å². The van der Waals surface area contributed by atoms with Gasteiger partial charge in [0, 0.05) is 17.2 Å². The molecule has 31 heavy (non-hydrogen) atoms. The average molecular weight is 419 g/mol. The molecule has 7 heteroatoms. The van der Waals surface area contributed by atoms with Crippen LogP contribution in [0.15, 0.2) is 48.5 Å². The quantitative estimate of drug-likeness (QED) is 0.574. The first-order chi connectivity index (χ1) is 14.8. The molecule has 1 aliphatic carbocycles. The topological polar surface area (TPSA) is 95.6 Å². The fraction of sp³-hybridized carbons (Fsp3) is 0.333. The zero-order valence-electron chi connectivity index (χ0n) is 17.6. The highest BCUT2D eigenvalue weighted by molar-refractivity contribution is 6.11. The molecule has 0 saturated carbocycles. The monoisotopic (exact) mass is 419 g/mol. The minimum absolute atomic E-state index is 0.114. The Labute approximate surface area is 180 Å².